The molecule has 1 aliphatic rings. The molecule has 1 saturated heterocycles. The summed E-state index contributed by atoms with van der Waals surface area (Å²) in [5.41, 5.74) is 0.834. The minimum absolute atomic E-state index is 0.0542. The summed E-state index contributed by atoms with van der Waals surface area (Å²) in [4.78, 5) is 27.4. The summed E-state index contributed by atoms with van der Waals surface area (Å²) >= 11 is 0. The largest absolute Gasteiger partial charge is 0.481 e. The van der Waals surface area contributed by atoms with Crippen LogP contribution in [0.2, 0.25) is 0 Å². The van der Waals surface area contributed by atoms with Crippen LogP contribution < -0.4 is 0 Å². The highest BCUT2D eigenvalue weighted by Crippen LogP contribution is 2.35. The molecule has 2 N–H and O–H groups in total. The number of nitrogens with one attached hydrogen (secondary N) is 1. The van der Waals surface area contributed by atoms with Crippen molar-refractivity contribution >= 4 is 16.8 Å². The van der Waals surface area contributed by atoms with Crippen LogP contribution in [-0.4, -0.2) is 54.7 Å². The van der Waals surface area contributed by atoms with Gasteiger partial charge in [-0.05, 0) is 37.3 Å². The molecule has 1 aliphatic heterocycles. The number of rotatable bonds is 5. The van der Waals surface area contributed by atoms with Crippen LogP contribution in [0.15, 0.2) is 41.7 Å². The van der Waals surface area contributed by atoms with Crippen LogP contribution in [0.5, 0.6) is 0 Å². The first-order chi connectivity index (χ1) is 14.8. The molecule has 3 heterocycles. The number of H-pyrrole nitrogens is 1. The molecule has 31 heavy (non-hydrogen) atoms. The van der Waals surface area contributed by atoms with Crippen molar-refractivity contribution in [3.05, 3.63) is 48.2 Å². The van der Waals surface area contributed by atoms with Crippen LogP contribution >= 0.6 is 0 Å². The molecule has 1 fully saturated rings. The summed E-state index contributed by atoms with van der Waals surface area (Å²) in [6.07, 6.45) is 2.04. The number of imidazole rings is 1. The topological polar surface area (TPSA) is 127 Å². The molecular weight excluding hydrogens is 427 g/mol. The van der Waals surface area contributed by atoms with E-state index in [1.165, 1.54) is 31.5 Å². The highest BCUT2D eigenvalue weighted by Gasteiger charge is 2.41. The van der Waals surface area contributed by atoms with E-state index in [1.807, 2.05) is 0 Å². The van der Waals surface area contributed by atoms with Crippen molar-refractivity contribution in [3.63, 3.8) is 0 Å². The lowest BCUT2D eigenvalue weighted by atomic mass is 9.92. The van der Waals surface area contributed by atoms with Crippen LogP contribution in [0.3, 0.4) is 0 Å². The zero-order valence-electron chi connectivity index (χ0n) is 16.7. The van der Waals surface area contributed by atoms with Crippen molar-refractivity contribution in [2.75, 3.05) is 19.5 Å². The number of hydrogen-bond acceptors (Lipinski definition) is 7. The van der Waals surface area contributed by atoms with Gasteiger partial charge in [0.25, 0.3) is 0 Å². The van der Waals surface area contributed by atoms with Crippen molar-refractivity contribution in [1.29, 1.82) is 0 Å². The Hall–Kier alpha value is -3.02. The molecule has 2 aromatic heterocycles. The van der Waals surface area contributed by atoms with E-state index in [4.69, 9.17) is 9.47 Å². The molecule has 0 radical (unpaired) electrons. The highest BCUT2D eigenvalue weighted by atomic mass is 32.2. The van der Waals surface area contributed by atoms with Crippen molar-refractivity contribution in [1.82, 2.24) is 19.9 Å². The fourth-order valence-corrected chi connectivity index (χ4v) is 3.45. The Morgan fingerprint density at radius 1 is 1.23 bits per heavy atom. The third kappa shape index (κ3) is 4.24. The van der Waals surface area contributed by atoms with Crippen molar-refractivity contribution in [3.8, 4) is 22.6 Å². The molecular formula is C20H19FN4O5S. The number of carboxylic acid groups (broad SMARTS) is 1. The zero-order valence-corrected chi connectivity index (χ0v) is 17.5. The van der Waals surface area contributed by atoms with Crippen molar-refractivity contribution in [2.24, 2.45) is 5.41 Å². The number of benzene rings is 1. The first kappa shape index (κ1) is 21.2. The molecule has 1 aromatic carbocycles. The molecule has 0 bridgehead atoms. The SMILES string of the molecule is CS(=O)c1nccc(-c2[nH]c(C3OCC(C)(C(=O)O)CO3)nc2-c2ccc(F)cc2)n1. The summed E-state index contributed by atoms with van der Waals surface area (Å²) in [7, 11) is -1.39. The lowest BCUT2D eigenvalue weighted by Crippen LogP contribution is -2.42. The number of hydrogen-bond donors (Lipinski definition) is 2. The number of carboxylic acids is 1. The molecule has 0 saturated carbocycles. The van der Waals surface area contributed by atoms with E-state index in [-0.39, 0.29) is 18.4 Å². The third-order valence-corrected chi connectivity index (χ3v) is 5.54. The van der Waals surface area contributed by atoms with E-state index in [1.54, 1.807) is 18.2 Å². The average molecular weight is 446 g/mol. The van der Waals surface area contributed by atoms with E-state index in [9.17, 15) is 18.5 Å². The lowest BCUT2D eigenvalue weighted by molar-refractivity contribution is -0.236. The van der Waals surface area contributed by atoms with Crippen LogP contribution in [0.1, 0.15) is 19.0 Å². The van der Waals surface area contributed by atoms with E-state index in [2.05, 4.69) is 19.9 Å². The quantitative estimate of drug-likeness (QED) is 0.573. The van der Waals surface area contributed by atoms with Crippen LogP contribution in [-0.2, 0) is 25.1 Å². The molecule has 11 heteroatoms. The van der Waals surface area contributed by atoms with Gasteiger partial charge < -0.3 is 19.6 Å². The van der Waals surface area contributed by atoms with Gasteiger partial charge in [-0.15, -0.1) is 0 Å². The predicted molar refractivity (Wildman–Crippen MR) is 108 cm³/mol. The van der Waals surface area contributed by atoms with Crippen LogP contribution in [0.4, 0.5) is 4.39 Å². The summed E-state index contributed by atoms with van der Waals surface area (Å²) < 4.78 is 36.5. The number of aliphatic carboxylic acids is 1. The lowest BCUT2D eigenvalue weighted by Gasteiger charge is -2.33. The Morgan fingerprint density at radius 3 is 2.52 bits per heavy atom. The van der Waals surface area contributed by atoms with Gasteiger partial charge in [0.15, 0.2) is 5.82 Å². The maximum Gasteiger partial charge on any atom is 0.314 e. The van der Waals surface area contributed by atoms with Gasteiger partial charge in [0.05, 0.1) is 41.1 Å². The normalized spacial score (nSPS) is 22.2. The van der Waals surface area contributed by atoms with E-state index >= 15 is 0 Å². The smallest absolute Gasteiger partial charge is 0.314 e. The van der Waals surface area contributed by atoms with Gasteiger partial charge in [0, 0.05) is 18.0 Å². The molecule has 3 aromatic rings. The Kier molecular flexibility index (Phi) is 5.65. The van der Waals surface area contributed by atoms with Gasteiger partial charge >= 0.3 is 5.97 Å². The average Bonchev–Trinajstić information content (AvgIpc) is 3.20. The van der Waals surface area contributed by atoms with E-state index < -0.39 is 34.3 Å². The van der Waals surface area contributed by atoms with Crippen molar-refractivity contribution in [2.45, 2.75) is 18.4 Å². The minimum Gasteiger partial charge on any atom is -0.481 e. The molecule has 4 rings (SSSR count). The highest BCUT2D eigenvalue weighted by molar-refractivity contribution is 7.84. The Balaban J connectivity index is 1.75. The monoisotopic (exact) mass is 446 g/mol. The number of aromatic nitrogens is 4. The van der Waals surface area contributed by atoms with Crippen LogP contribution in [0, 0.1) is 11.2 Å². The van der Waals surface area contributed by atoms with Gasteiger partial charge in [-0.1, -0.05) is 0 Å². The van der Waals surface area contributed by atoms with Gasteiger partial charge in [0.1, 0.15) is 11.2 Å². The second kappa shape index (κ2) is 8.25. The van der Waals surface area contributed by atoms with Crippen molar-refractivity contribution < 1.29 is 28.0 Å². The fraction of sp³-hybridized carbons (Fsp3) is 0.300. The number of carbonyl (C=O) groups is 1. The molecule has 0 aliphatic carbocycles. The molecule has 1 atom stereocenters. The van der Waals surface area contributed by atoms with Gasteiger partial charge in [-0.25, -0.2) is 19.3 Å². The second-order valence-electron chi connectivity index (χ2n) is 7.35. The minimum atomic E-state index is -1.39. The maximum absolute atomic E-state index is 13.4. The summed E-state index contributed by atoms with van der Waals surface area (Å²) in [6, 6.07) is 7.40. The number of halogens is 1. The molecule has 9 nitrogen and oxygen atoms in total. The molecule has 0 spiro atoms. The fourth-order valence-electron chi connectivity index (χ4n) is 3.01. The second-order valence-corrected chi connectivity index (χ2v) is 8.62. The summed E-state index contributed by atoms with van der Waals surface area (Å²) in [6.45, 7) is 1.43. The first-order valence-corrected chi connectivity index (χ1v) is 10.8. The van der Waals surface area contributed by atoms with E-state index in [0.29, 0.717) is 28.5 Å². The number of ether oxygens (including phenoxy) is 2. The van der Waals surface area contributed by atoms with E-state index in [0.717, 1.165) is 0 Å². The molecule has 1 unspecified atom stereocenters. The van der Waals surface area contributed by atoms with Crippen LogP contribution in [0.25, 0.3) is 22.6 Å². The first-order valence-electron chi connectivity index (χ1n) is 9.26. The Morgan fingerprint density at radius 2 is 1.90 bits per heavy atom. The Labute approximate surface area is 179 Å². The summed E-state index contributed by atoms with van der Waals surface area (Å²) in [5, 5.41) is 9.49. The maximum atomic E-state index is 13.4. The molecule has 162 valence electrons. The predicted octanol–water partition coefficient (Wildman–Crippen LogP) is 2.55. The number of aromatic amines is 1. The standard InChI is InChI=1S/C20H19FN4O5S/c1-20(18(26)27)9-29-17(30-10-20)16-24-14(11-3-5-12(21)6-4-11)15(25-16)13-7-8-22-19(23-13)31(2)28/h3-8,17H,9-10H2,1-2H3,(H,24,25)(H,26,27). The van der Waals surface area contributed by atoms with Gasteiger partial charge in [-0.2, -0.15) is 0 Å². The molecule has 0 amide bonds. The van der Waals surface area contributed by atoms with Gasteiger partial charge in [-0.3, -0.25) is 9.00 Å². The Bertz CT molecular complexity index is 1140. The number of nitrogens with zero attached hydrogens (tertiary/aromatic N) is 3. The zero-order chi connectivity index (χ0) is 22.2. The summed E-state index contributed by atoms with van der Waals surface area (Å²) in [5.74, 6) is -1.10. The third-order valence-electron chi connectivity index (χ3n) is 4.83. The van der Waals surface area contributed by atoms with Gasteiger partial charge in [0.2, 0.25) is 11.4 Å².